The van der Waals surface area contributed by atoms with Gasteiger partial charge in [0.15, 0.2) is 4.96 Å². The summed E-state index contributed by atoms with van der Waals surface area (Å²) in [6, 6.07) is 0. The van der Waals surface area contributed by atoms with E-state index in [1.807, 2.05) is 22.9 Å². The van der Waals surface area contributed by atoms with E-state index in [1.54, 1.807) is 0 Å². The van der Waals surface area contributed by atoms with Gasteiger partial charge in [-0.2, -0.15) is 0 Å². The fraction of sp³-hybridized carbons (Fsp3) is 0.500. The Hall–Kier alpha value is -1.40. The number of nitrogens with one attached hydrogen (secondary N) is 1. The van der Waals surface area contributed by atoms with E-state index in [-0.39, 0.29) is 12.0 Å². The van der Waals surface area contributed by atoms with Gasteiger partial charge in [-0.3, -0.25) is 9.20 Å². The number of amides is 1. The lowest BCUT2D eigenvalue weighted by Crippen LogP contribution is -2.32. The molecule has 1 aliphatic heterocycles. The van der Waals surface area contributed by atoms with Crippen LogP contribution in [0, 0.1) is 6.92 Å². The molecule has 1 amide bonds. The van der Waals surface area contributed by atoms with Crippen molar-refractivity contribution in [1.82, 2.24) is 14.7 Å². The number of rotatable bonds is 3. The van der Waals surface area contributed by atoms with Crippen LogP contribution in [0.5, 0.6) is 0 Å². The highest BCUT2D eigenvalue weighted by Gasteiger charge is 2.18. The predicted octanol–water partition coefficient (Wildman–Crippen LogP) is 1.61. The molecule has 96 valence electrons. The quantitative estimate of drug-likeness (QED) is 0.917. The van der Waals surface area contributed by atoms with Gasteiger partial charge in [0.1, 0.15) is 5.69 Å². The third-order valence-corrected chi connectivity index (χ3v) is 3.92. The summed E-state index contributed by atoms with van der Waals surface area (Å²) in [6.07, 6.45) is 4.17. The Morgan fingerprint density at radius 2 is 2.61 bits per heavy atom. The summed E-state index contributed by atoms with van der Waals surface area (Å²) in [7, 11) is 0. The van der Waals surface area contributed by atoms with Gasteiger partial charge in [-0.25, -0.2) is 4.98 Å². The number of carbonyl (C=O) groups excluding carboxylic acids is 1. The molecule has 1 N–H and O–H groups in total. The Bertz CT molecular complexity index is 569. The van der Waals surface area contributed by atoms with Crippen molar-refractivity contribution in [2.45, 2.75) is 25.9 Å². The van der Waals surface area contributed by atoms with E-state index in [2.05, 4.69) is 10.3 Å². The van der Waals surface area contributed by atoms with Gasteiger partial charge in [0.05, 0.1) is 11.8 Å². The monoisotopic (exact) mass is 265 g/mol. The van der Waals surface area contributed by atoms with Gasteiger partial charge in [-0.15, -0.1) is 11.3 Å². The average Bonchev–Trinajstić information content (AvgIpc) is 3.01. The van der Waals surface area contributed by atoms with Crippen molar-refractivity contribution < 1.29 is 9.53 Å². The summed E-state index contributed by atoms with van der Waals surface area (Å²) >= 11 is 1.48. The van der Waals surface area contributed by atoms with Crippen LogP contribution in [0.3, 0.4) is 0 Å². The first kappa shape index (κ1) is 11.7. The molecular weight excluding hydrogens is 250 g/mol. The number of imidazole rings is 1. The van der Waals surface area contributed by atoms with E-state index in [0.29, 0.717) is 12.2 Å². The number of hydrogen-bond donors (Lipinski definition) is 1. The Morgan fingerprint density at radius 1 is 1.72 bits per heavy atom. The maximum Gasteiger partial charge on any atom is 0.269 e. The molecule has 2 aromatic rings. The molecule has 3 heterocycles. The molecule has 0 spiro atoms. The average molecular weight is 265 g/mol. The van der Waals surface area contributed by atoms with Gasteiger partial charge in [0, 0.05) is 24.7 Å². The van der Waals surface area contributed by atoms with Gasteiger partial charge >= 0.3 is 0 Å². The highest BCUT2D eigenvalue weighted by molar-refractivity contribution is 7.15. The van der Waals surface area contributed by atoms with E-state index < -0.39 is 0 Å². The first-order valence-electron chi connectivity index (χ1n) is 6.07. The van der Waals surface area contributed by atoms with Crippen molar-refractivity contribution in [2.24, 2.45) is 0 Å². The van der Waals surface area contributed by atoms with Crippen molar-refractivity contribution in [1.29, 1.82) is 0 Å². The molecule has 2 aromatic heterocycles. The van der Waals surface area contributed by atoms with Crippen LogP contribution in [0.2, 0.25) is 0 Å². The minimum Gasteiger partial charge on any atom is -0.376 e. The Balaban J connectivity index is 1.71. The number of fused-ring (bicyclic) bond motifs is 1. The zero-order valence-electron chi connectivity index (χ0n) is 10.2. The number of nitrogens with zero attached hydrogens (tertiary/aromatic N) is 2. The summed E-state index contributed by atoms with van der Waals surface area (Å²) < 4.78 is 7.32. The third-order valence-electron chi connectivity index (χ3n) is 3.08. The Morgan fingerprint density at radius 3 is 3.39 bits per heavy atom. The number of hydrogen-bond acceptors (Lipinski definition) is 4. The van der Waals surface area contributed by atoms with Gasteiger partial charge in [0.2, 0.25) is 0 Å². The van der Waals surface area contributed by atoms with Crippen LogP contribution in [0.1, 0.15) is 29.0 Å². The van der Waals surface area contributed by atoms with Gasteiger partial charge in [0.25, 0.3) is 5.91 Å². The smallest absolute Gasteiger partial charge is 0.269 e. The maximum absolute atomic E-state index is 12.1. The lowest BCUT2D eigenvalue weighted by Gasteiger charge is -2.10. The molecule has 5 nitrogen and oxygen atoms in total. The highest BCUT2D eigenvalue weighted by atomic mass is 32.1. The second-order valence-corrected chi connectivity index (χ2v) is 5.34. The molecule has 0 bridgehead atoms. The van der Waals surface area contributed by atoms with E-state index >= 15 is 0 Å². The molecule has 1 fully saturated rings. The van der Waals surface area contributed by atoms with Gasteiger partial charge < -0.3 is 10.1 Å². The molecule has 1 aliphatic rings. The molecule has 0 saturated carbocycles. The van der Waals surface area contributed by atoms with Gasteiger partial charge in [-0.05, 0) is 19.8 Å². The third kappa shape index (κ3) is 2.13. The topological polar surface area (TPSA) is 55.6 Å². The van der Waals surface area contributed by atoms with Crippen LogP contribution in [0.25, 0.3) is 4.96 Å². The summed E-state index contributed by atoms with van der Waals surface area (Å²) in [4.78, 5) is 17.3. The first-order chi connectivity index (χ1) is 8.74. The SMILES string of the molecule is Cc1cn2c(C(=O)NCC3CCCO3)csc2n1. The lowest BCUT2D eigenvalue weighted by atomic mass is 10.2. The second kappa shape index (κ2) is 4.70. The van der Waals surface area contributed by atoms with Gasteiger partial charge in [-0.1, -0.05) is 0 Å². The summed E-state index contributed by atoms with van der Waals surface area (Å²) in [5.74, 6) is -0.0610. The van der Waals surface area contributed by atoms with E-state index in [1.165, 1.54) is 11.3 Å². The highest BCUT2D eigenvalue weighted by Crippen LogP contribution is 2.16. The maximum atomic E-state index is 12.1. The fourth-order valence-corrected chi connectivity index (χ4v) is 3.06. The van der Waals surface area contributed by atoms with Crippen LogP contribution in [0.4, 0.5) is 0 Å². The van der Waals surface area contributed by atoms with Crippen molar-refractivity contribution in [2.75, 3.05) is 13.2 Å². The summed E-state index contributed by atoms with van der Waals surface area (Å²) in [5, 5.41) is 4.76. The Kier molecular flexibility index (Phi) is 3.05. The first-order valence-corrected chi connectivity index (χ1v) is 6.95. The van der Waals surface area contributed by atoms with Crippen LogP contribution >= 0.6 is 11.3 Å². The number of aryl methyl sites for hydroxylation is 1. The molecular formula is C12H15N3O2S. The molecule has 0 radical (unpaired) electrons. The zero-order chi connectivity index (χ0) is 12.5. The predicted molar refractivity (Wildman–Crippen MR) is 69.1 cm³/mol. The largest absolute Gasteiger partial charge is 0.376 e. The van der Waals surface area contributed by atoms with Crippen molar-refractivity contribution in [3.63, 3.8) is 0 Å². The molecule has 1 saturated heterocycles. The van der Waals surface area contributed by atoms with E-state index in [0.717, 1.165) is 30.1 Å². The minimum atomic E-state index is -0.0610. The molecule has 1 atom stereocenters. The number of thiazole rings is 1. The van der Waals surface area contributed by atoms with E-state index in [9.17, 15) is 4.79 Å². The van der Waals surface area contributed by atoms with Crippen molar-refractivity contribution >= 4 is 22.2 Å². The van der Waals surface area contributed by atoms with E-state index in [4.69, 9.17) is 4.74 Å². The summed E-state index contributed by atoms with van der Waals surface area (Å²) in [6.45, 7) is 3.32. The fourth-order valence-electron chi connectivity index (χ4n) is 2.16. The molecule has 18 heavy (non-hydrogen) atoms. The molecule has 0 aromatic carbocycles. The number of carbonyl (C=O) groups is 1. The van der Waals surface area contributed by atoms with Crippen LogP contribution in [-0.4, -0.2) is 34.5 Å². The molecule has 1 unspecified atom stereocenters. The normalized spacial score (nSPS) is 19.5. The van der Waals surface area contributed by atoms with Crippen LogP contribution < -0.4 is 5.32 Å². The zero-order valence-corrected chi connectivity index (χ0v) is 11.0. The number of ether oxygens (including phenoxy) is 1. The second-order valence-electron chi connectivity index (χ2n) is 4.50. The molecule has 6 heteroatoms. The summed E-state index contributed by atoms with van der Waals surface area (Å²) in [5.41, 5.74) is 1.57. The molecule has 3 rings (SSSR count). The van der Waals surface area contributed by atoms with Crippen molar-refractivity contribution in [3.8, 4) is 0 Å². The molecule has 0 aliphatic carbocycles. The van der Waals surface area contributed by atoms with Crippen LogP contribution in [0.15, 0.2) is 11.6 Å². The van der Waals surface area contributed by atoms with Crippen LogP contribution in [-0.2, 0) is 4.74 Å². The Labute approximate surface area is 109 Å². The number of aromatic nitrogens is 2. The lowest BCUT2D eigenvalue weighted by molar-refractivity contribution is 0.0853. The minimum absolute atomic E-state index is 0.0610. The standard InChI is InChI=1S/C12H15N3O2S/c1-8-6-15-10(7-18-12(15)14-8)11(16)13-5-9-3-2-4-17-9/h6-7,9H,2-5H2,1H3,(H,13,16). The van der Waals surface area contributed by atoms with Crippen molar-refractivity contribution in [3.05, 3.63) is 23.0 Å².